The summed E-state index contributed by atoms with van der Waals surface area (Å²) in [6, 6.07) is 10.9. The molecular weight excluding hydrogens is 285 g/mol. The van der Waals surface area contributed by atoms with E-state index in [2.05, 4.69) is 0 Å². The number of rotatable bonds is 2. The maximum atomic E-state index is 12.3. The molecule has 1 heterocycles. The zero-order chi connectivity index (χ0) is 13.6. The van der Waals surface area contributed by atoms with Crippen molar-refractivity contribution in [3.8, 4) is 0 Å². The number of thiocarbonyl (C=S) groups is 1. The second-order valence-corrected chi connectivity index (χ2v) is 4.66. The van der Waals surface area contributed by atoms with Crippen LogP contribution in [0.1, 0.15) is 15.9 Å². The van der Waals surface area contributed by atoms with Crippen molar-refractivity contribution in [3.05, 3.63) is 47.5 Å². The fourth-order valence-corrected chi connectivity index (χ4v) is 2.67. The van der Waals surface area contributed by atoms with Crippen LogP contribution in [0.15, 0.2) is 36.4 Å². The van der Waals surface area contributed by atoms with Crippen LogP contribution in [-0.2, 0) is 4.79 Å². The number of carboxylic acid groups (broad SMARTS) is 1. The average Bonchev–Trinajstić information content (AvgIpc) is 2.40. The summed E-state index contributed by atoms with van der Waals surface area (Å²) in [4.78, 5) is 24.4. The van der Waals surface area contributed by atoms with Gasteiger partial charge in [-0.1, -0.05) is 42.5 Å². The number of carbonyl (C=O) groups is 2. The topological polar surface area (TPSA) is 60.4 Å². The van der Waals surface area contributed by atoms with Gasteiger partial charge in [0, 0.05) is 16.5 Å². The number of hydrogen-bond donors (Lipinski definition) is 0. The molecule has 0 radical (unpaired) electrons. The second kappa shape index (κ2) is 5.61. The van der Waals surface area contributed by atoms with Crippen molar-refractivity contribution in [1.29, 1.82) is 0 Å². The van der Waals surface area contributed by atoms with E-state index >= 15 is 0 Å². The Morgan fingerprint density at radius 1 is 1.15 bits per heavy atom. The molecule has 0 saturated carbocycles. The van der Waals surface area contributed by atoms with E-state index < -0.39 is 18.4 Å². The zero-order valence-electron chi connectivity index (χ0n) is 10.8. The van der Waals surface area contributed by atoms with Gasteiger partial charge < -0.3 is 9.90 Å². The van der Waals surface area contributed by atoms with Gasteiger partial charge in [-0.05, 0) is 11.5 Å². The molecule has 0 atom stereocenters. The van der Waals surface area contributed by atoms with Crippen LogP contribution in [0, 0.1) is 0 Å². The van der Waals surface area contributed by atoms with Gasteiger partial charge in [-0.15, -0.1) is 0 Å². The predicted octanol–water partition coefficient (Wildman–Crippen LogP) is -2.27. The summed E-state index contributed by atoms with van der Waals surface area (Å²) in [7, 11) is 0. The molecule has 2 aromatic rings. The van der Waals surface area contributed by atoms with Crippen molar-refractivity contribution >= 4 is 39.9 Å². The van der Waals surface area contributed by atoms with Crippen LogP contribution in [0.5, 0.6) is 0 Å². The monoisotopic (exact) mass is 293 g/mol. The van der Waals surface area contributed by atoms with Crippen LogP contribution < -0.4 is 34.7 Å². The van der Waals surface area contributed by atoms with E-state index in [0.717, 1.165) is 15.7 Å². The van der Waals surface area contributed by atoms with Gasteiger partial charge in [0.2, 0.25) is 0 Å². The van der Waals surface area contributed by atoms with Crippen LogP contribution in [0.4, 0.5) is 0 Å². The summed E-state index contributed by atoms with van der Waals surface area (Å²) in [6.45, 7) is -0.525. The van der Waals surface area contributed by atoms with Crippen LogP contribution in [0.2, 0.25) is 0 Å². The molecule has 1 aliphatic rings. The van der Waals surface area contributed by atoms with Gasteiger partial charge in [0.25, 0.3) is 5.91 Å². The van der Waals surface area contributed by atoms with Crippen molar-refractivity contribution in [2.45, 2.75) is 0 Å². The molecule has 0 aromatic heterocycles. The first-order valence-electron chi connectivity index (χ1n) is 5.67. The normalized spacial score (nSPS) is 13.3. The first-order chi connectivity index (χ1) is 9.09. The van der Waals surface area contributed by atoms with Gasteiger partial charge in [-0.2, -0.15) is 0 Å². The minimum Gasteiger partial charge on any atom is -0.548 e. The van der Waals surface area contributed by atoms with E-state index in [1.54, 1.807) is 18.2 Å². The Morgan fingerprint density at radius 2 is 1.75 bits per heavy atom. The number of aliphatic carboxylic acids is 1. The predicted molar refractivity (Wildman–Crippen MR) is 71.7 cm³/mol. The summed E-state index contributed by atoms with van der Waals surface area (Å²) < 4.78 is 0. The third-order valence-corrected chi connectivity index (χ3v) is 3.58. The van der Waals surface area contributed by atoms with Crippen molar-refractivity contribution < 1.29 is 44.3 Å². The Bertz CT molecular complexity index is 694. The average molecular weight is 293 g/mol. The van der Waals surface area contributed by atoms with Crippen molar-refractivity contribution in [2.75, 3.05) is 6.54 Å². The quantitative estimate of drug-likeness (QED) is 0.463. The fourth-order valence-electron chi connectivity index (χ4n) is 2.35. The molecule has 4 nitrogen and oxygen atoms in total. The number of nitrogens with zero attached hydrogens (tertiary/aromatic N) is 1. The van der Waals surface area contributed by atoms with E-state index in [4.69, 9.17) is 12.2 Å². The van der Waals surface area contributed by atoms with E-state index in [0.29, 0.717) is 11.1 Å². The molecule has 0 unspecified atom stereocenters. The molecule has 2 aromatic carbocycles. The van der Waals surface area contributed by atoms with E-state index in [9.17, 15) is 14.7 Å². The Labute approximate surface area is 142 Å². The Morgan fingerprint density at radius 3 is 2.35 bits per heavy atom. The summed E-state index contributed by atoms with van der Waals surface area (Å²) in [5.74, 6) is -1.72. The molecule has 0 N–H and O–H groups in total. The largest absolute Gasteiger partial charge is 1.00 e. The number of carboxylic acids is 1. The molecule has 94 valence electrons. The van der Waals surface area contributed by atoms with Crippen LogP contribution >= 0.6 is 12.2 Å². The number of carbonyl (C=O) groups excluding carboxylic acids is 2. The fraction of sp³-hybridized carbons (Fsp3) is 0.0714. The zero-order valence-corrected chi connectivity index (χ0v) is 13.6. The molecule has 20 heavy (non-hydrogen) atoms. The molecular formula is C14H8NNaO3S. The van der Waals surface area contributed by atoms with Gasteiger partial charge in [0.1, 0.15) is 4.99 Å². The minimum absolute atomic E-state index is 0. The maximum absolute atomic E-state index is 12.3. The van der Waals surface area contributed by atoms with Gasteiger partial charge >= 0.3 is 29.6 Å². The van der Waals surface area contributed by atoms with Crippen LogP contribution in [-0.4, -0.2) is 28.3 Å². The van der Waals surface area contributed by atoms with Crippen molar-refractivity contribution in [3.63, 3.8) is 0 Å². The van der Waals surface area contributed by atoms with Crippen LogP contribution in [0.25, 0.3) is 10.8 Å². The van der Waals surface area contributed by atoms with Gasteiger partial charge in [-0.25, -0.2) is 0 Å². The molecule has 0 spiro atoms. The van der Waals surface area contributed by atoms with E-state index in [1.165, 1.54) is 0 Å². The standard InChI is InChI=1S/C14H9NO3S.Na/c16-11(17)7-15-13(18)9-5-1-3-8-4-2-6-10(12(8)9)14(15)19;/h1-6H,7H2,(H,16,17);/q;+1/p-1. The summed E-state index contributed by atoms with van der Waals surface area (Å²) in [5, 5.41) is 12.5. The third kappa shape index (κ3) is 2.27. The SMILES string of the molecule is O=C([O-])CN1C(=O)c2cccc3cccc(c23)C1=S.[Na+]. The van der Waals surface area contributed by atoms with Crippen molar-refractivity contribution in [2.24, 2.45) is 0 Å². The van der Waals surface area contributed by atoms with Gasteiger partial charge in [-0.3, -0.25) is 9.69 Å². The van der Waals surface area contributed by atoms with Crippen molar-refractivity contribution in [1.82, 2.24) is 4.90 Å². The number of hydrogen-bond acceptors (Lipinski definition) is 4. The molecule has 3 rings (SSSR count). The molecule has 0 fully saturated rings. The molecule has 0 aliphatic carbocycles. The van der Waals surface area contributed by atoms with Gasteiger partial charge in [0.05, 0.1) is 12.5 Å². The third-order valence-electron chi connectivity index (χ3n) is 3.14. The van der Waals surface area contributed by atoms with Crippen LogP contribution in [0.3, 0.4) is 0 Å². The molecule has 1 aliphatic heterocycles. The number of amides is 1. The van der Waals surface area contributed by atoms with E-state index in [1.807, 2.05) is 18.2 Å². The molecule has 6 heteroatoms. The van der Waals surface area contributed by atoms with E-state index in [-0.39, 0.29) is 34.5 Å². The smallest absolute Gasteiger partial charge is 0.548 e. The Hall–Kier alpha value is -1.27. The molecule has 0 saturated heterocycles. The minimum atomic E-state index is -1.33. The number of benzene rings is 2. The Balaban J connectivity index is 0.00000147. The summed E-state index contributed by atoms with van der Waals surface area (Å²) >= 11 is 5.22. The summed E-state index contributed by atoms with van der Waals surface area (Å²) in [6.07, 6.45) is 0. The Kier molecular flexibility index (Phi) is 4.25. The first-order valence-corrected chi connectivity index (χ1v) is 6.08. The second-order valence-electron chi connectivity index (χ2n) is 4.28. The molecule has 1 amide bonds. The van der Waals surface area contributed by atoms with Gasteiger partial charge in [0.15, 0.2) is 0 Å². The maximum Gasteiger partial charge on any atom is 1.00 e. The summed E-state index contributed by atoms with van der Waals surface area (Å²) in [5.41, 5.74) is 1.19. The molecule has 0 bridgehead atoms. The first kappa shape index (κ1) is 15.1.